The minimum Gasteiger partial charge on any atom is -0.493 e. The Morgan fingerprint density at radius 1 is 1.03 bits per heavy atom. The summed E-state index contributed by atoms with van der Waals surface area (Å²) in [5, 5.41) is 10.5. The number of ether oxygens (including phenoxy) is 2. The lowest BCUT2D eigenvalue weighted by Crippen LogP contribution is -2.35. The molecule has 3 fully saturated rings. The number of hydrogen-bond donors (Lipinski definition) is 1. The van der Waals surface area contributed by atoms with Gasteiger partial charge < -0.3 is 19.5 Å². The molecule has 1 N–H and O–H groups in total. The molecule has 1 aromatic carbocycles. The number of nitrogens with zero attached hydrogens (tertiary/aromatic N) is 2. The molecule has 7 heteroatoms. The van der Waals surface area contributed by atoms with Gasteiger partial charge in [-0.3, -0.25) is 4.90 Å². The number of β-amino-alcohol motifs (C(OH)–C–C–N with tert-alkyl or cyclic N) is 1. The summed E-state index contributed by atoms with van der Waals surface area (Å²) in [5.74, 6) is -1.46. The predicted octanol–water partition coefficient (Wildman–Crippen LogP) is 3.54. The summed E-state index contributed by atoms with van der Waals surface area (Å²) in [4.78, 5) is 4.12. The lowest BCUT2D eigenvalue weighted by atomic mass is 9.86. The molecule has 30 heavy (non-hydrogen) atoms. The molecule has 5 nitrogen and oxygen atoms in total. The van der Waals surface area contributed by atoms with Crippen LogP contribution in [0.4, 0.5) is 8.78 Å². The van der Waals surface area contributed by atoms with Crippen LogP contribution in [0.25, 0.3) is 0 Å². The van der Waals surface area contributed by atoms with Crippen molar-refractivity contribution in [1.82, 2.24) is 9.80 Å². The van der Waals surface area contributed by atoms with Crippen LogP contribution in [0.3, 0.4) is 0 Å². The van der Waals surface area contributed by atoms with Crippen molar-refractivity contribution in [2.45, 2.75) is 57.1 Å². The van der Waals surface area contributed by atoms with Crippen LogP contribution in [0.5, 0.6) is 11.5 Å². The summed E-state index contributed by atoms with van der Waals surface area (Å²) in [6, 6.07) is 5.52. The SMILES string of the molecule is COc1ccc(CN2CCC(F)(F)C2)cc1OCC(O)CN1CCC2(CCCC2)C1. The van der Waals surface area contributed by atoms with Crippen LogP contribution in [0.2, 0.25) is 0 Å². The van der Waals surface area contributed by atoms with Crippen molar-refractivity contribution in [2.75, 3.05) is 46.4 Å². The number of alkyl halides is 2. The fourth-order valence-electron chi connectivity index (χ4n) is 5.39. The Hall–Kier alpha value is -1.44. The third kappa shape index (κ3) is 5.24. The number of benzene rings is 1. The van der Waals surface area contributed by atoms with Crippen LogP contribution in [-0.2, 0) is 6.54 Å². The van der Waals surface area contributed by atoms with E-state index in [2.05, 4.69) is 4.90 Å². The maximum Gasteiger partial charge on any atom is 0.261 e. The smallest absolute Gasteiger partial charge is 0.261 e. The third-order valence-corrected chi connectivity index (χ3v) is 6.96. The molecule has 1 aromatic rings. The van der Waals surface area contributed by atoms with Crippen LogP contribution in [-0.4, -0.2) is 73.4 Å². The highest BCUT2D eigenvalue weighted by Gasteiger charge is 2.40. The molecule has 1 unspecified atom stereocenters. The molecular weight excluding hydrogens is 390 g/mol. The molecule has 1 aliphatic carbocycles. The maximum absolute atomic E-state index is 13.5. The summed E-state index contributed by atoms with van der Waals surface area (Å²) in [7, 11) is 1.57. The van der Waals surface area contributed by atoms with Crippen molar-refractivity contribution < 1.29 is 23.4 Å². The van der Waals surface area contributed by atoms with Gasteiger partial charge in [0.25, 0.3) is 5.92 Å². The molecule has 0 amide bonds. The maximum atomic E-state index is 13.5. The summed E-state index contributed by atoms with van der Waals surface area (Å²) in [5.41, 5.74) is 1.39. The van der Waals surface area contributed by atoms with E-state index in [0.29, 0.717) is 36.5 Å². The van der Waals surface area contributed by atoms with Gasteiger partial charge in [-0.1, -0.05) is 18.9 Å². The van der Waals surface area contributed by atoms with Crippen LogP contribution in [0.1, 0.15) is 44.1 Å². The highest BCUT2D eigenvalue weighted by atomic mass is 19.3. The molecule has 0 radical (unpaired) electrons. The fourth-order valence-corrected chi connectivity index (χ4v) is 5.39. The number of aliphatic hydroxyl groups excluding tert-OH is 1. The van der Waals surface area contributed by atoms with Crippen molar-refractivity contribution in [1.29, 1.82) is 0 Å². The Morgan fingerprint density at radius 3 is 2.50 bits per heavy atom. The molecular formula is C23H34F2N2O3. The zero-order valence-corrected chi connectivity index (χ0v) is 17.9. The first-order valence-corrected chi connectivity index (χ1v) is 11.2. The summed E-state index contributed by atoms with van der Waals surface area (Å²) >= 11 is 0. The number of methoxy groups -OCH3 is 1. The molecule has 2 saturated heterocycles. The van der Waals surface area contributed by atoms with E-state index < -0.39 is 12.0 Å². The fraction of sp³-hybridized carbons (Fsp3) is 0.739. The van der Waals surface area contributed by atoms with Crippen molar-refractivity contribution >= 4 is 0 Å². The highest BCUT2D eigenvalue weighted by Crippen LogP contribution is 2.45. The van der Waals surface area contributed by atoms with E-state index in [1.165, 1.54) is 32.1 Å². The monoisotopic (exact) mass is 424 g/mol. The van der Waals surface area contributed by atoms with Gasteiger partial charge in [-0.25, -0.2) is 8.78 Å². The average Bonchev–Trinajstić information content (AvgIpc) is 3.42. The van der Waals surface area contributed by atoms with Gasteiger partial charge >= 0.3 is 0 Å². The van der Waals surface area contributed by atoms with Crippen molar-refractivity contribution in [3.05, 3.63) is 23.8 Å². The molecule has 2 aliphatic heterocycles. The highest BCUT2D eigenvalue weighted by molar-refractivity contribution is 5.43. The van der Waals surface area contributed by atoms with E-state index in [0.717, 1.165) is 18.7 Å². The number of hydrogen-bond acceptors (Lipinski definition) is 5. The number of halogens is 2. The summed E-state index contributed by atoms with van der Waals surface area (Å²) in [6.07, 6.45) is 5.90. The number of aliphatic hydroxyl groups is 1. The lowest BCUT2D eigenvalue weighted by molar-refractivity contribution is 0.0115. The van der Waals surface area contributed by atoms with E-state index in [1.54, 1.807) is 18.1 Å². The predicted molar refractivity (Wildman–Crippen MR) is 111 cm³/mol. The molecule has 168 valence electrons. The largest absolute Gasteiger partial charge is 0.493 e. The van der Waals surface area contributed by atoms with E-state index in [4.69, 9.17) is 9.47 Å². The first-order valence-electron chi connectivity index (χ1n) is 11.2. The first kappa shape index (κ1) is 21.8. The summed E-state index contributed by atoms with van der Waals surface area (Å²) in [6.45, 7) is 3.59. The molecule has 0 aromatic heterocycles. The Kier molecular flexibility index (Phi) is 6.51. The van der Waals surface area contributed by atoms with Gasteiger partial charge in [0, 0.05) is 32.6 Å². The second-order valence-corrected chi connectivity index (χ2v) is 9.46. The molecule has 4 rings (SSSR count). The molecule has 1 atom stereocenters. The second kappa shape index (κ2) is 8.97. The zero-order chi connectivity index (χ0) is 21.2. The van der Waals surface area contributed by atoms with Crippen LogP contribution in [0, 0.1) is 5.41 Å². The van der Waals surface area contributed by atoms with E-state index in [-0.39, 0.29) is 19.6 Å². The average molecular weight is 425 g/mol. The van der Waals surface area contributed by atoms with Crippen molar-refractivity contribution in [3.63, 3.8) is 0 Å². The minimum atomic E-state index is -2.59. The molecule has 1 spiro atoms. The lowest BCUT2D eigenvalue weighted by Gasteiger charge is -2.25. The van der Waals surface area contributed by atoms with Gasteiger partial charge in [0.15, 0.2) is 11.5 Å². The minimum absolute atomic E-state index is 0.0868. The van der Waals surface area contributed by atoms with Crippen LogP contribution < -0.4 is 9.47 Å². The summed E-state index contributed by atoms with van der Waals surface area (Å²) < 4.78 is 38.2. The molecule has 2 heterocycles. The Balaban J connectivity index is 1.29. The Morgan fingerprint density at radius 2 is 1.80 bits per heavy atom. The van der Waals surface area contributed by atoms with Crippen LogP contribution in [0.15, 0.2) is 18.2 Å². The van der Waals surface area contributed by atoms with Crippen LogP contribution >= 0.6 is 0 Å². The van der Waals surface area contributed by atoms with Gasteiger partial charge in [0.2, 0.25) is 0 Å². The van der Waals surface area contributed by atoms with Gasteiger partial charge in [-0.2, -0.15) is 0 Å². The normalized spacial score (nSPS) is 24.5. The molecule has 1 saturated carbocycles. The van der Waals surface area contributed by atoms with Gasteiger partial charge in [-0.15, -0.1) is 0 Å². The quantitative estimate of drug-likeness (QED) is 0.692. The second-order valence-electron chi connectivity index (χ2n) is 9.46. The molecule has 0 bridgehead atoms. The number of likely N-dealkylation sites (tertiary alicyclic amines) is 2. The van der Waals surface area contributed by atoms with Crippen molar-refractivity contribution in [3.8, 4) is 11.5 Å². The first-order chi connectivity index (χ1) is 14.4. The standard InChI is InChI=1S/C23H34F2N2O3/c1-29-20-5-4-18(13-26-11-9-23(24,25)17-26)12-21(20)30-15-19(28)14-27-10-8-22(16-27)6-2-3-7-22/h4-5,12,19,28H,2-3,6-11,13-17H2,1H3. The Bertz CT molecular complexity index is 724. The van der Waals surface area contributed by atoms with Gasteiger partial charge in [0.1, 0.15) is 12.7 Å². The van der Waals surface area contributed by atoms with E-state index in [9.17, 15) is 13.9 Å². The van der Waals surface area contributed by atoms with E-state index in [1.807, 2.05) is 12.1 Å². The van der Waals surface area contributed by atoms with Crippen molar-refractivity contribution in [2.24, 2.45) is 5.41 Å². The topological polar surface area (TPSA) is 45.2 Å². The van der Waals surface area contributed by atoms with Gasteiger partial charge in [-0.05, 0) is 48.9 Å². The van der Waals surface area contributed by atoms with E-state index >= 15 is 0 Å². The zero-order valence-electron chi connectivity index (χ0n) is 17.9. The molecule has 3 aliphatic rings. The van der Waals surface area contributed by atoms with Gasteiger partial charge in [0.05, 0.1) is 13.7 Å². The Labute approximate surface area is 177 Å². The number of rotatable bonds is 8. The third-order valence-electron chi connectivity index (χ3n) is 6.96.